The third kappa shape index (κ3) is 5.47. The van der Waals surface area contributed by atoms with Crippen LogP contribution in [0.5, 0.6) is 5.75 Å². The Labute approximate surface area is 165 Å². The molecule has 0 saturated carbocycles. The molecule has 5 nitrogen and oxygen atoms in total. The minimum Gasteiger partial charge on any atom is -0.497 e. The van der Waals surface area contributed by atoms with E-state index in [1.54, 1.807) is 20.4 Å². The number of likely N-dealkylation sites (N-methyl/N-ethyl adjacent to an activating group) is 1. The molecule has 1 aromatic heterocycles. The quantitative estimate of drug-likeness (QED) is 0.616. The van der Waals surface area contributed by atoms with Gasteiger partial charge in [-0.05, 0) is 47.4 Å². The maximum absolute atomic E-state index is 11.9. The van der Waals surface area contributed by atoms with Crippen molar-refractivity contribution < 1.29 is 13.9 Å². The summed E-state index contributed by atoms with van der Waals surface area (Å²) in [6.07, 6.45) is 2.50. The van der Waals surface area contributed by atoms with Gasteiger partial charge in [0.1, 0.15) is 11.5 Å². The summed E-state index contributed by atoms with van der Waals surface area (Å²) < 4.78 is 10.8. The van der Waals surface area contributed by atoms with Crippen LogP contribution in [0.15, 0.2) is 71.3 Å². The number of nitrogens with one attached hydrogen (secondary N) is 1. The minimum atomic E-state index is -0.00307. The van der Waals surface area contributed by atoms with Gasteiger partial charge in [-0.2, -0.15) is 0 Å². The van der Waals surface area contributed by atoms with Crippen LogP contribution in [-0.4, -0.2) is 38.1 Å². The zero-order valence-corrected chi connectivity index (χ0v) is 16.4. The third-order valence-electron chi connectivity index (χ3n) is 4.65. The molecule has 5 heteroatoms. The molecule has 146 valence electrons. The van der Waals surface area contributed by atoms with Crippen molar-refractivity contribution in [1.82, 2.24) is 10.2 Å². The number of carbonyl (C=O) groups excluding carboxylic acids is 1. The van der Waals surface area contributed by atoms with Gasteiger partial charge in [0.05, 0.1) is 26.5 Å². The zero-order chi connectivity index (χ0) is 19.8. The smallest absolute Gasteiger partial charge is 0.233 e. The molecule has 28 heavy (non-hydrogen) atoms. The fourth-order valence-electron chi connectivity index (χ4n) is 3.12. The Morgan fingerprint density at radius 3 is 2.57 bits per heavy atom. The van der Waals surface area contributed by atoms with Crippen LogP contribution >= 0.6 is 0 Å². The van der Waals surface area contributed by atoms with E-state index in [9.17, 15) is 4.79 Å². The number of amides is 1. The summed E-state index contributed by atoms with van der Waals surface area (Å²) >= 11 is 0. The Hall–Kier alpha value is -3.05. The van der Waals surface area contributed by atoms with Crippen molar-refractivity contribution in [1.29, 1.82) is 0 Å². The predicted octanol–water partition coefficient (Wildman–Crippen LogP) is 3.75. The maximum Gasteiger partial charge on any atom is 0.233 e. The van der Waals surface area contributed by atoms with Crippen molar-refractivity contribution in [3.05, 3.63) is 78.3 Å². The van der Waals surface area contributed by atoms with E-state index in [4.69, 9.17) is 9.15 Å². The Morgan fingerprint density at radius 1 is 1.07 bits per heavy atom. The normalized spacial score (nSPS) is 10.8. The monoisotopic (exact) mass is 378 g/mol. The molecule has 2 aromatic carbocycles. The second-order valence-corrected chi connectivity index (χ2v) is 6.65. The van der Waals surface area contributed by atoms with Crippen LogP contribution in [0.2, 0.25) is 0 Å². The van der Waals surface area contributed by atoms with Gasteiger partial charge in [0, 0.05) is 13.6 Å². The fourth-order valence-corrected chi connectivity index (χ4v) is 3.12. The van der Waals surface area contributed by atoms with E-state index in [-0.39, 0.29) is 5.91 Å². The number of methoxy groups -OCH3 is 1. The Balaban J connectivity index is 1.69. The molecule has 1 heterocycles. The summed E-state index contributed by atoms with van der Waals surface area (Å²) in [6, 6.07) is 20.3. The first-order valence-electron chi connectivity index (χ1n) is 9.36. The molecule has 3 aromatic rings. The Morgan fingerprint density at radius 2 is 1.86 bits per heavy atom. The molecule has 0 aliphatic heterocycles. The number of hydrogen-bond acceptors (Lipinski definition) is 4. The number of carbonyl (C=O) groups is 1. The second-order valence-electron chi connectivity index (χ2n) is 6.65. The first-order valence-corrected chi connectivity index (χ1v) is 9.36. The summed E-state index contributed by atoms with van der Waals surface area (Å²) in [5, 5.41) is 2.69. The summed E-state index contributed by atoms with van der Waals surface area (Å²) in [7, 11) is 3.33. The van der Waals surface area contributed by atoms with Gasteiger partial charge in [0.2, 0.25) is 5.91 Å². The van der Waals surface area contributed by atoms with Crippen LogP contribution in [0, 0.1) is 0 Å². The molecular formula is C23H26N2O3. The van der Waals surface area contributed by atoms with Gasteiger partial charge in [-0.15, -0.1) is 0 Å². The van der Waals surface area contributed by atoms with E-state index in [1.165, 1.54) is 5.56 Å². The van der Waals surface area contributed by atoms with Gasteiger partial charge in [0.25, 0.3) is 0 Å². The van der Waals surface area contributed by atoms with Crippen LogP contribution in [0.25, 0.3) is 11.1 Å². The lowest BCUT2D eigenvalue weighted by Gasteiger charge is -2.20. The third-order valence-corrected chi connectivity index (χ3v) is 4.65. The molecule has 0 bridgehead atoms. The highest BCUT2D eigenvalue weighted by Gasteiger charge is 2.12. The van der Waals surface area contributed by atoms with Crippen LogP contribution < -0.4 is 10.1 Å². The molecule has 0 aliphatic carbocycles. The summed E-state index contributed by atoms with van der Waals surface area (Å²) in [5.74, 6) is 1.70. The topological polar surface area (TPSA) is 54.7 Å². The van der Waals surface area contributed by atoms with Crippen LogP contribution in [0.3, 0.4) is 0 Å². The maximum atomic E-state index is 11.9. The van der Waals surface area contributed by atoms with Crippen molar-refractivity contribution in [3.63, 3.8) is 0 Å². The second kappa shape index (κ2) is 9.76. The molecule has 0 atom stereocenters. The molecule has 0 aliphatic rings. The van der Waals surface area contributed by atoms with Crippen molar-refractivity contribution >= 4 is 5.91 Å². The van der Waals surface area contributed by atoms with Crippen molar-refractivity contribution in [2.24, 2.45) is 0 Å². The molecule has 0 unspecified atom stereocenters. The van der Waals surface area contributed by atoms with Gasteiger partial charge < -0.3 is 14.5 Å². The van der Waals surface area contributed by atoms with Crippen LogP contribution in [0.4, 0.5) is 0 Å². The van der Waals surface area contributed by atoms with Gasteiger partial charge in [-0.3, -0.25) is 9.69 Å². The lowest BCUT2D eigenvalue weighted by atomic mass is 10.0. The average Bonchev–Trinajstić information content (AvgIpc) is 3.25. The highest BCUT2D eigenvalue weighted by atomic mass is 16.5. The molecule has 0 fully saturated rings. The standard InChI is InChI=1S/C23H26N2O3/c1-24-23(26)17-25(16-22-10-5-13-28-22)12-11-18-6-3-7-19(14-18)20-8-4-9-21(15-20)27-2/h3-10,13-15H,11-12,16-17H2,1-2H3,(H,24,26). The summed E-state index contributed by atoms with van der Waals surface area (Å²) in [4.78, 5) is 14.0. The van der Waals surface area contributed by atoms with Crippen molar-refractivity contribution in [2.45, 2.75) is 13.0 Å². The molecule has 3 rings (SSSR count). The first-order chi connectivity index (χ1) is 13.7. The van der Waals surface area contributed by atoms with Crippen LogP contribution in [-0.2, 0) is 17.8 Å². The first kappa shape index (κ1) is 19.7. The van der Waals surface area contributed by atoms with Gasteiger partial charge in [-0.1, -0.05) is 36.4 Å². The van der Waals surface area contributed by atoms with Crippen molar-refractivity contribution in [3.8, 4) is 16.9 Å². The predicted molar refractivity (Wildman–Crippen MR) is 110 cm³/mol. The molecule has 1 amide bonds. The lowest BCUT2D eigenvalue weighted by molar-refractivity contribution is -0.121. The number of benzene rings is 2. The molecule has 0 radical (unpaired) electrons. The van der Waals surface area contributed by atoms with E-state index in [0.717, 1.165) is 35.6 Å². The summed E-state index contributed by atoms with van der Waals surface area (Å²) in [6.45, 7) is 1.71. The Kier molecular flexibility index (Phi) is 6.87. The van der Waals surface area contributed by atoms with Crippen molar-refractivity contribution in [2.75, 3.05) is 27.2 Å². The number of nitrogens with zero attached hydrogens (tertiary/aromatic N) is 1. The molecular weight excluding hydrogens is 352 g/mol. The zero-order valence-electron chi connectivity index (χ0n) is 16.4. The van der Waals surface area contributed by atoms with Gasteiger partial charge >= 0.3 is 0 Å². The SMILES string of the molecule is CNC(=O)CN(CCc1cccc(-c2cccc(OC)c2)c1)Cc1ccco1. The number of furan rings is 1. The largest absolute Gasteiger partial charge is 0.497 e. The summed E-state index contributed by atoms with van der Waals surface area (Å²) in [5.41, 5.74) is 3.50. The number of ether oxygens (including phenoxy) is 1. The number of hydrogen-bond donors (Lipinski definition) is 1. The molecule has 1 N–H and O–H groups in total. The van der Waals surface area contributed by atoms with Gasteiger partial charge in [-0.25, -0.2) is 0 Å². The molecule has 0 spiro atoms. The average molecular weight is 378 g/mol. The van der Waals surface area contributed by atoms with E-state index in [1.807, 2.05) is 30.3 Å². The van der Waals surface area contributed by atoms with E-state index >= 15 is 0 Å². The lowest BCUT2D eigenvalue weighted by Crippen LogP contribution is -2.36. The minimum absolute atomic E-state index is 0.00307. The van der Waals surface area contributed by atoms with E-state index in [0.29, 0.717) is 13.1 Å². The Bertz CT molecular complexity index is 890. The van der Waals surface area contributed by atoms with E-state index < -0.39 is 0 Å². The van der Waals surface area contributed by atoms with Crippen LogP contribution in [0.1, 0.15) is 11.3 Å². The van der Waals surface area contributed by atoms with E-state index in [2.05, 4.69) is 40.5 Å². The highest BCUT2D eigenvalue weighted by Crippen LogP contribution is 2.24. The highest BCUT2D eigenvalue weighted by molar-refractivity contribution is 5.77. The van der Waals surface area contributed by atoms with Gasteiger partial charge in [0.15, 0.2) is 0 Å². The number of rotatable bonds is 9. The fraction of sp³-hybridized carbons (Fsp3) is 0.261. The molecule has 0 saturated heterocycles.